The molecule has 0 aliphatic heterocycles. The van der Waals surface area contributed by atoms with Crippen molar-refractivity contribution in [3.8, 4) is 0 Å². The molecule has 0 bridgehead atoms. The maximum Gasteiger partial charge on any atom is 0.164 e. The van der Waals surface area contributed by atoms with Crippen molar-refractivity contribution in [2.75, 3.05) is 0 Å². The van der Waals surface area contributed by atoms with Gasteiger partial charge in [-0.2, -0.15) is 0 Å². The summed E-state index contributed by atoms with van der Waals surface area (Å²) in [5.74, 6) is 0.353. The quantitative estimate of drug-likeness (QED) is 0.488. The highest BCUT2D eigenvalue weighted by molar-refractivity contribution is 5.99. The number of Topliss-reactive ketones (excluding diaryl/α,β-unsaturated/α-hetero) is 1. The Labute approximate surface area is 68.5 Å². The number of carbonyl (C=O) groups excluding carboxylic acids is 1. The van der Waals surface area contributed by atoms with Gasteiger partial charge in [0.25, 0.3) is 0 Å². The van der Waals surface area contributed by atoms with E-state index in [0.29, 0.717) is 5.78 Å². The second kappa shape index (κ2) is 2.80. The van der Waals surface area contributed by atoms with Gasteiger partial charge in [-0.25, -0.2) is 0 Å². The standard InChI is InChI=1S/C10H16O/c1-4-8-6-5-7-10(2,3)9(8)11/h4H,5-7H2,1-3H3/b8-4+. The van der Waals surface area contributed by atoms with E-state index in [1.807, 2.05) is 26.8 Å². The first-order valence-electron chi connectivity index (χ1n) is 4.28. The predicted molar refractivity (Wildman–Crippen MR) is 46.4 cm³/mol. The lowest BCUT2D eigenvalue weighted by Crippen LogP contribution is -2.29. The van der Waals surface area contributed by atoms with E-state index in [-0.39, 0.29) is 5.41 Å². The minimum atomic E-state index is -0.0971. The molecule has 0 spiro atoms. The predicted octanol–water partition coefficient (Wildman–Crippen LogP) is 2.71. The van der Waals surface area contributed by atoms with Crippen LogP contribution in [0.1, 0.15) is 40.0 Å². The van der Waals surface area contributed by atoms with Crippen LogP contribution >= 0.6 is 0 Å². The van der Waals surface area contributed by atoms with E-state index in [2.05, 4.69) is 0 Å². The van der Waals surface area contributed by atoms with Gasteiger partial charge in [0.1, 0.15) is 0 Å². The summed E-state index contributed by atoms with van der Waals surface area (Å²) in [6.07, 6.45) is 5.16. The molecular formula is C10H16O. The molecule has 0 aromatic carbocycles. The summed E-state index contributed by atoms with van der Waals surface area (Å²) in [5.41, 5.74) is 0.932. The highest BCUT2D eigenvalue weighted by atomic mass is 16.1. The normalized spacial score (nSPS) is 27.5. The van der Waals surface area contributed by atoms with Gasteiger partial charge in [-0.3, -0.25) is 4.79 Å². The number of hydrogen-bond donors (Lipinski definition) is 0. The van der Waals surface area contributed by atoms with E-state index < -0.39 is 0 Å². The fourth-order valence-electron chi connectivity index (χ4n) is 1.66. The second-order valence-corrected chi connectivity index (χ2v) is 3.88. The molecule has 0 amide bonds. The molecule has 0 aromatic heterocycles. The van der Waals surface area contributed by atoms with E-state index >= 15 is 0 Å². The molecule has 0 saturated heterocycles. The third kappa shape index (κ3) is 1.52. The molecule has 0 atom stereocenters. The van der Waals surface area contributed by atoms with Gasteiger partial charge < -0.3 is 0 Å². The van der Waals surface area contributed by atoms with Gasteiger partial charge in [-0.15, -0.1) is 0 Å². The summed E-state index contributed by atoms with van der Waals surface area (Å²) >= 11 is 0. The molecule has 1 rings (SSSR count). The third-order valence-electron chi connectivity index (χ3n) is 2.50. The zero-order valence-corrected chi connectivity index (χ0v) is 7.61. The Morgan fingerprint density at radius 1 is 1.45 bits per heavy atom. The molecule has 1 saturated carbocycles. The molecule has 1 heteroatoms. The highest BCUT2D eigenvalue weighted by Gasteiger charge is 2.32. The van der Waals surface area contributed by atoms with Crippen molar-refractivity contribution in [2.24, 2.45) is 5.41 Å². The Kier molecular flexibility index (Phi) is 2.17. The zero-order chi connectivity index (χ0) is 8.48. The fraction of sp³-hybridized carbons (Fsp3) is 0.700. The first kappa shape index (κ1) is 8.51. The van der Waals surface area contributed by atoms with Crippen LogP contribution < -0.4 is 0 Å². The molecule has 11 heavy (non-hydrogen) atoms. The number of allylic oxidation sites excluding steroid dienone is 2. The van der Waals surface area contributed by atoms with Crippen LogP contribution in [-0.2, 0) is 4.79 Å². The molecule has 0 heterocycles. The summed E-state index contributed by atoms with van der Waals surface area (Å²) in [5, 5.41) is 0. The highest BCUT2D eigenvalue weighted by Crippen LogP contribution is 2.34. The van der Waals surface area contributed by atoms with E-state index in [0.717, 1.165) is 18.4 Å². The van der Waals surface area contributed by atoms with Crippen LogP contribution in [0.4, 0.5) is 0 Å². The summed E-state index contributed by atoms with van der Waals surface area (Å²) in [6, 6.07) is 0. The first-order valence-corrected chi connectivity index (χ1v) is 4.28. The minimum absolute atomic E-state index is 0.0971. The number of ketones is 1. The van der Waals surface area contributed by atoms with Gasteiger partial charge in [-0.05, 0) is 31.8 Å². The van der Waals surface area contributed by atoms with Crippen molar-refractivity contribution in [3.63, 3.8) is 0 Å². The van der Waals surface area contributed by atoms with Crippen LogP contribution in [0.2, 0.25) is 0 Å². The Bertz CT molecular complexity index is 199. The van der Waals surface area contributed by atoms with Gasteiger partial charge in [0.15, 0.2) is 5.78 Å². The van der Waals surface area contributed by atoms with Gasteiger partial charge in [-0.1, -0.05) is 19.9 Å². The maximum atomic E-state index is 11.6. The second-order valence-electron chi connectivity index (χ2n) is 3.88. The van der Waals surface area contributed by atoms with Crippen molar-refractivity contribution in [1.82, 2.24) is 0 Å². The van der Waals surface area contributed by atoms with Crippen LogP contribution in [0.15, 0.2) is 11.6 Å². The molecule has 1 aliphatic carbocycles. The van der Waals surface area contributed by atoms with Crippen molar-refractivity contribution in [3.05, 3.63) is 11.6 Å². The lowest BCUT2D eigenvalue weighted by molar-refractivity contribution is -0.124. The van der Waals surface area contributed by atoms with E-state index in [1.165, 1.54) is 6.42 Å². The van der Waals surface area contributed by atoms with Crippen LogP contribution in [0, 0.1) is 5.41 Å². The van der Waals surface area contributed by atoms with Gasteiger partial charge in [0, 0.05) is 5.41 Å². The molecule has 1 nitrogen and oxygen atoms in total. The largest absolute Gasteiger partial charge is 0.294 e. The van der Waals surface area contributed by atoms with Crippen LogP contribution in [0.25, 0.3) is 0 Å². The Morgan fingerprint density at radius 3 is 2.55 bits per heavy atom. The molecule has 62 valence electrons. The van der Waals surface area contributed by atoms with E-state index in [1.54, 1.807) is 0 Å². The molecule has 0 radical (unpaired) electrons. The lowest BCUT2D eigenvalue weighted by atomic mass is 9.74. The summed E-state index contributed by atoms with van der Waals surface area (Å²) in [6.45, 7) is 6.03. The average Bonchev–Trinajstić information content (AvgIpc) is 1.95. The summed E-state index contributed by atoms with van der Waals surface area (Å²) in [4.78, 5) is 11.6. The minimum Gasteiger partial charge on any atom is -0.294 e. The molecule has 0 unspecified atom stereocenters. The van der Waals surface area contributed by atoms with Gasteiger partial charge in [0.2, 0.25) is 0 Å². The summed E-state index contributed by atoms with van der Waals surface area (Å²) in [7, 11) is 0. The Morgan fingerprint density at radius 2 is 2.09 bits per heavy atom. The summed E-state index contributed by atoms with van der Waals surface area (Å²) < 4.78 is 0. The topological polar surface area (TPSA) is 17.1 Å². The fourth-order valence-corrected chi connectivity index (χ4v) is 1.66. The van der Waals surface area contributed by atoms with Crippen molar-refractivity contribution in [1.29, 1.82) is 0 Å². The van der Waals surface area contributed by atoms with Crippen LogP contribution in [0.3, 0.4) is 0 Å². The molecule has 1 fully saturated rings. The maximum absolute atomic E-state index is 11.6. The van der Waals surface area contributed by atoms with E-state index in [4.69, 9.17) is 0 Å². The molecule has 0 aromatic rings. The number of carbonyl (C=O) groups is 1. The number of rotatable bonds is 0. The van der Waals surface area contributed by atoms with Gasteiger partial charge in [0.05, 0.1) is 0 Å². The van der Waals surface area contributed by atoms with Crippen LogP contribution in [0.5, 0.6) is 0 Å². The molecular weight excluding hydrogens is 136 g/mol. The van der Waals surface area contributed by atoms with Crippen LogP contribution in [-0.4, -0.2) is 5.78 Å². The van der Waals surface area contributed by atoms with Crippen molar-refractivity contribution in [2.45, 2.75) is 40.0 Å². The molecule has 1 aliphatic rings. The zero-order valence-electron chi connectivity index (χ0n) is 7.61. The van der Waals surface area contributed by atoms with Crippen molar-refractivity contribution >= 4 is 5.78 Å². The van der Waals surface area contributed by atoms with E-state index in [9.17, 15) is 4.79 Å². The number of hydrogen-bond acceptors (Lipinski definition) is 1. The first-order chi connectivity index (χ1) is 5.08. The molecule has 0 N–H and O–H groups in total. The van der Waals surface area contributed by atoms with Gasteiger partial charge >= 0.3 is 0 Å². The lowest BCUT2D eigenvalue weighted by Gasteiger charge is -2.29. The monoisotopic (exact) mass is 152 g/mol. The smallest absolute Gasteiger partial charge is 0.164 e. The third-order valence-corrected chi connectivity index (χ3v) is 2.50. The Hall–Kier alpha value is -0.590. The average molecular weight is 152 g/mol. The Balaban J connectivity index is 2.85. The van der Waals surface area contributed by atoms with Crippen molar-refractivity contribution < 1.29 is 4.79 Å². The SMILES string of the molecule is C/C=C1\CCCC(C)(C)C1=O.